The molecule has 1 amide bonds. The number of aliphatic hydroxyl groups is 1. The van der Waals surface area contributed by atoms with Crippen LogP contribution in [0.1, 0.15) is 17.3 Å². The Bertz CT molecular complexity index is 625. The van der Waals surface area contributed by atoms with E-state index in [-0.39, 0.29) is 22.8 Å². The Morgan fingerprint density at radius 1 is 1.33 bits per heavy atom. The van der Waals surface area contributed by atoms with E-state index in [0.29, 0.717) is 0 Å². The van der Waals surface area contributed by atoms with Crippen molar-refractivity contribution < 1.29 is 27.9 Å². The molecule has 0 heterocycles. The number of hydrogen-bond acceptors (Lipinski definition) is 6. The first-order chi connectivity index (χ1) is 9.83. The number of amides is 1. The molecule has 1 aromatic carbocycles. The molecule has 0 radical (unpaired) electrons. The second-order valence-corrected chi connectivity index (χ2v) is 6.40. The van der Waals surface area contributed by atoms with E-state index in [4.69, 9.17) is 0 Å². The minimum atomic E-state index is -3.55. The van der Waals surface area contributed by atoms with Crippen molar-refractivity contribution in [3.63, 3.8) is 0 Å². The summed E-state index contributed by atoms with van der Waals surface area (Å²) in [5.74, 6) is -1.71. The van der Waals surface area contributed by atoms with Crippen LogP contribution in [0.4, 0.5) is 0 Å². The Kier molecular flexibility index (Phi) is 5.86. The molecule has 8 heteroatoms. The van der Waals surface area contributed by atoms with Crippen LogP contribution in [0.15, 0.2) is 29.2 Å². The molecule has 0 aromatic heterocycles. The van der Waals surface area contributed by atoms with E-state index in [0.717, 1.165) is 7.11 Å². The average Bonchev–Trinajstić information content (AvgIpc) is 2.51. The van der Waals surface area contributed by atoms with Crippen LogP contribution < -0.4 is 5.32 Å². The van der Waals surface area contributed by atoms with Gasteiger partial charge in [-0.2, -0.15) is 0 Å². The molecule has 0 fully saturated rings. The summed E-state index contributed by atoms with van der Waals surface area (Å²) in [6.07, 6.45) is -1.51. The number of ether oxygens (including phenoxy) is 1. The first-order valence-electron chi connectivity index (χ1n) is 6.19. The summed E-state index contributed by atoms with van der Waals surface area (Å²) in [6.45, 7) is 1.11. The van der Waals surface area contributed by atoms with Crippen LogP contribution in [0, 0.1) is 0 Å². The molecule has 0 spiro atoms. The smallest absolute Gasteiger partial charge is 0.336 e. The molecular formula is C13H17NO6S. The zero-order chi connectivity index (χ0) is 16.0. The molecule has 0 bridgehead atoms. The highest BCUT2D eigenvalue weighted by Gasteiger charge is 2.22. The van der Waals surface area contributed by atoms with E-state index in [1.54, 1.807) is 0 Å². The Balaban J connectivity index is 2.92. The summed E-state index contributed by atoms with van der Waals surface area (Å²) in [4.78, 5) is 22.9. The maximum absolute atomic E-state index is 12.0. The molecule has 1 aromatic rings. The van der Waals surface area contributed by atoms with Crippen LogP contribution in [0.2, 0.25) is 0 Å². The Labute approximate surface area is 122 Å². The van der Waals surface area contributed by atoms with Crippen molar-refractivity contribution in [2.24, 2.45) is 0 Å². The van der Waals surface area contributed by atoms with Gasteiger partial charge in [0.1, 0.15) is 0 Å². The van der Waals surface area contributed by atoms with Crippen LogP contribution in [-0.2, 0) is 19.4 Å². The highest BCUT2D eigenvalue weighted by Crippen LogP contribution is 2.16. The molecule has 2 N–H and O–H groups in total. The zero-order valence-corrected chi connectivity index (χ0v) is 12.5. The minimum Gasteiger partial charge on any atom is -0.467 e. The van der Waals surface area contributed by atoms with Crippen LogP contribution >= 0.6 is 0 Å². The van der Waals surface area contributed by atoms with Gasteiger partial charge >= 0.3 is 5.97 Å². The number of sulfone groups is 1. The maximum Gasteiger partial charge on any atom is 0.336 e. The van der Waals surface area contributed by atoms with Crippen molar-refractivity contribution >= 4 is 21.7 Å². The van der Waals surface area contributed by atoms with E-state index in [1.165, 1.54) is 31.2 Å². The first kappa shape index (κ1) is 17.1. The SMILES string of the molecule is CCS(=O)(=O)c1ccccc1C(=O)NCC(O)C(=O)OC. The predicted molar refractivity (Wildman–Crippen MR) is 74.5 cm³/mol. The van der Waals surface area contributed by atoms with Crippen molar-refractivity contribution in [3.8, 4) is 0 Å². The fourth-order valence-corrected chi connectivity index (χ4v) is 2.68. The number of hydrogen-bond donors (Lipinski definition) is 2. The Morgan fingerprint density at radius 3 is 2.52 bits per heavy atom. The topological polar surface area (TPSA) is 110 Å². The molecule has 1 unspecified atom stereocenters. The van der Waals surface area contributed by atoms with Crippen molar-refractivity contribution in [2.45, 2.75) is 17.9 Å². The van der Waals surface area contributed by atoms with Crippen LogP contribution in [0.25, 0.3) is 0 Å². The van der Waals surface area contributed by atoms with Crippen molar-refractivity contribution in [1.82, 2.24) is 5.32 Å². The third-order valence-electron chi connectivity index (χ3n) is 2.78. The van der Waals surface area contributed by atoms with Crippen molar-refractivity contribution in [1.29, 1.82) is 0 Å². The van der Waals surface area contributed by atoms with Crippen LogP contribution in [0.3, 0.4) is 0 Å². The summed E-state index contributed by atoms with van der Waals surface area (Å²) in [5.41, 5.74) is -0.0311. The monoisotopic (exact) mass is 315 g/mol. The van der Waals surface area contributed by atoms with Gasteiger partial charge in [0.2, 0.25) is 0 Å². The second-order valence-electron chi connectivity index (χ2n) is 4.15. The molecule has 0 saturated carbocycles. The van der Waals surface area contributed by atoms with Crippen LogP contribution in [0.5, 0.6) is 0 Å². The quantitative estimate of drug-likeness (QED) is 0.700. The van der Waals surface area contributed by atoms with Gasteiger partial charge in [0.15, 0.2) is 15.9 Å². The standard InChI is InChI=1S/C13H17NO6S/c1-3-21(18,19)11-7-5-4-6-9(11)12(16)14-8-10(15)13(17)20-2/h4-7,10,15H,3,8H2,1-2H3,(H,14,16). The molecule has 116 valence electrons. The molecule has 21 heavy (non-hydrogen) atoms. The molecule has 0 aliphatic heterocycles. The Hall–Kier alpha value is -1.93. The van der Waals surface area contributed by atoms with E-state index in [9.17, 15) is 23.1 Å². The molecule has 1 rings (SSSR count). The molecule has 0 aliphatic carbocycles. The minimum absolute atomic E-state index is 0.0311. The lowest BCUT2D eigenvalue weighted by Gasteiger charge is -2.12. The number of benzene rings is 1. The number of nitrogens with one attached hydrogen (secondary N) is 1. The van der Waals surface area contributed by atoms with Gasteiger partial charge in [0, 0.05) is 0 Å². The molecular weight excluding hydrogens is 298 g/mol. The second kappa shape index (κ2) is 7.19. The van der Waals surface area contributed by atoms with Crippen molar-refractivity contribution in [2.75, 3.05) is 19.4 Å². The highest BCUT2D eigenvalue weighted by molar-refractivity contribution is 7.91. The molecule has 7 nitrogen and oxygen atoms in total. The molecule has 0 aliphatic rings. The number of carbonyl (C=O) groups is 2. The van der Waals surface area contributed by atoms with Gasteiger partial charge in [-0.3, -0.25) is 4.79 Å². The van der Waals surface area contributed by atoms with Gasteiger partial charge in [-0.15, -0.1) is 0 Å². The zero-order valence-electron chi connectivity index (χ0n) is 11.7. The predicted octanol–water partition coefficient (Wildman–Crippen LogP) is -0.256. The third kappa shape index (κ3) is 4.27. The van der Waals surface area contributed by atoms with Gasteiger partial charge in [-0.1, -0.05) is 19.1 Å². The summed E-state index contributed by atoms with van der Waals surface area (Å²) < 4.78 is 28.1. The van der Waals surface area contributed by atoms with Gasteiger partial charge in [0.25, 0.3) is 5.91 Å². The summed E-state index contributed by atoms with van der Waals surface area (Å²) in [5, 5.41) is 11.7. The van der Waals surface area contributed by atoms with Gasteiger partial charge in [-0.25, -0.2) is 13.2 Å². The molecule has 0 saturated heterocycles. The van der Waals surface area contributed by atoms with E-state index >= 15 is 0 Å². The summed E-state index contributed by atoms with van der Waals surface area (Å²) >= 11 is 0. The summed E-state index contributed by atoms with van der Waals surface area (Å²) in [6, 6.07) is 5.75. The van der Waals surface area contributed by atoms with Gasteiger partial charge in [-0.05, 0) is 12.1 Å². The average molecular weight is 315 g/mol. The largest absolute Gasteiger partial charge is 0.467 e. The lowest BCUT2D eigenvalue weighted by Crippen LogP contribution is -2.37. The van der Waals surface area contributed by atoms with E-state index < -0.39 is 27.8 Å². The lowest BCUT2D eigenvalue weighted by molar-refractivity contribution is -0.149. The van der Waals surface area contributed by atoms with E-state index in [2.05, 4.69) is 10.1 Å². The van der Waals surface area contributed by atoms with E-state index in [1.807, 2.05) is 0 Å². The van der Waals surface area contributed by atoms with Gasteiger partial charge < -0.3 is 15.2 Å². The van der Waals surface area contributed by atoms with Crippen LogP contribution in [-0.4, -0.2) is 50.9 Å². The third-order valence-corrected chi connectivity index (χ3v) is 4.56. The molecule has 1 atom stereocenters. The Morgan fingerprint density at radius 2 is 1.95 bits per heavy atom. The first-order valence-corrected chi connectivity index (χ1v) is 7.84. The fraction of sp³-hybridized carbons (Fsp3) is 0.385. The number of methoxy groups -OCH3 is 1. The number of aliphatic hydroxyl groups excluding tert-OH is 1. The number of carbonyl (C=O) groups excluding carboxylic acids is 2. The normalized spacial score (nSPS) is 12.5. The fourth-order valence-electron chi connectivity index (χ4n) is 1.58. The highest BCUT2D eigenvalue weighted by atomic mass is 32.2. The number of esters is 1. The lowest BCUT2D eigenvalue weighted by atomic mass is 10.2. The maximum atomic E-state index is 12.0. The number of rotatable bonds is 6. The van der Waals surface area contributed by atoms with Crippen molar-refractivity contribution in [3.05, 3.63) is 29.8 Å². The van der Waals surface area contributed by atoms with Gasteiger partial charge in [0.05, 0.1) is 29.9 Å². The summed E-state index contributed by atoms with van der Waals surface area (Å²) in [7, 11) is -2.44.